The third-order valence-corrected chi connectivity index (χ3v) is 11.1. The van der Waals surface area contributed by atoms with Gasteiger partial charge in [0.1, 0.15) is 0 Å². The first kappa shape index (κ1) is 32.2. The molecule has 0 aliphatic rings. The van der Waals surface area contributed by atoms with Crippen LogP contribution in [0.3, 0.4) is 0 Å². The third kappa shape index (κ3) is 9.36. The lowest BCUT2D eigenvalue weighted by Crippen LogP contribution is -1.98. The van der Waals surface area contributed by atoms with E-state index in [1.54, 1.807) is 0 Å². The number of aryl methyl sites for hydroxylation is 2. The maximum atomic E-state index is 4.48. The number of thioether (sulfide) groups is 1. The zero-order valence-electron chi connectivity index (χ0n) is 26.9. The fourth-order valence-corrected chi connectivity index (χ4v) is 8.09. The molecule has 0 aliphatic carbocycles. The van der Waals surface area contributed by atoms with E-state index in [9.17, 15) is 0 Å². The molecule has 4 rings (SSSR count). The first-order chi connectivity index (χ1) is 19.6. The molecular weight excluding hydrogens is 533 g/mol. The molecule has 0 amide bonds. The van der Waals surface area contributed by atoms with Crippen molar-refractivity contribution in [3.63, 3.8) is 0 Å². The molecular formula is C39H54S2. The first-order valence-corrected chi connectivity index (χ1v) is 18.0. The van der Waals surface area contributed by atoms with Crippen LogP contribution in [0.4, 0.5) is 0 Å². The number of fused-ring (bicyclic) bond motifs is 4. The maximum absolute atomic E-state index is 4.48. The quantitative estimate of drug-likeness (QED) is 0.0929. The van der Waals surface area contributed by atoms with E-state index >= 15 is 0 Å². The van der Waals surface area contributed by atoms with Gasteiger partial charge in [-0.05, 0) is 118 Å². The summed E-state index contributed by atoms with van der Waals surface area (Å²) in [5.41, 5.74) is 1.36. The van der Waals surface area contributed by atoms with Crippen LogP contribution < -0.4 is 0 Å². The van der Waals surface area contributed by atoms with Crippen molar-refractivity contribution in [2.45, 2.75) is 118 Å². The topological polar surface area (TPSA) is 0 Å². The van der Waals surface area contributed by atoms with E-state index in [1.165, 1.54) is 110 Å². The van der Waals surface area contributed by atoms with E-state index in [0.29, 0.717) is 0 Å². The van der Waals surface area contributed by atoms with Crippen molar-refractivity contribution >= 4 is 54.7 Å². The van der Waals surface area contributed by atoms with Crippen molar-refractivity contribution in [3.8, 4) is 0 Å². The average Bonchev–Trinajstić information content (AvgIpc) is 3.31. The van der Waals surface area contributed by atoms with E-state index in [2.05, 4.69) is 97.5 Å². The Balaban J connectivity index is 1.46. The monoisotopic (exact) mass is 586 g/mol. The molecule has 0 nitrogen and oxygen atoms in total. The highest BCUT2D eigenvalue weighted by atomic mass is 32.2. The Bertz CT molecular complexity index is 1440. The van der Waals surface area contributed by atoms with Crippen molar-refractivity contribution in [1.29, 1.82) is 0 Å². The standard InChI is InChI=1S/C39H54S2/c1-26(2)11-9-13-28(5)15-17-31(8)40-38-24-36-32(21-30(38)7)18-19-33-22-34-23-35(41-39(34)25-37(33)36)20-16-29(6)14-10-12-27(3)4/h18-19,21-29H,8-17,20H2,1-7H3. The van der Waals surface area contributed by atoms with E-state index in [1.807, 2.05) is 23.1 Å². The predicted octanol–water partition coefficient (Wildman–Crippen LogP) is 13.8. The van der Waals surface area contributed by atoms with Crippen molar-refractivity contribution in [2.75, 3.05) is 0 Å². The molecule has 0 saturated carbocycles. The van der Waals surface area contributed by atoms with Crippen molar-refractivity contribution in [3.05, 3.63) is 64.4 Å². The van der Waals surface area contributed by atoms with Crippen LogP contribution in [-0.4, -0.2) is 0 Å². The summed E-state index contributed by atoms with van der Waals surface area (Å²) in [4.78, 5) is 4.20. The summed E-state index contributed by atoms with van der Waals surface area (Å²) in [5, 5.41) is 6.86. The van der Waals surface area contributed by atoms with Crippen molar-refractivity contribution < 1.29 is 0 Å². The summed E-state index contributed by atoms with van der Waals surface area (Å²) in [6.45, 7) is 20.9. The molecule has 3 aromatic carbocycles. The van der Waals surface area contributed by atoms with Crippen LogP contribution in [-0.2, 0) is 6.42 Å². The zero-order chi connectivity index (χ0) is 29.5. The number of benzene rings is 3. The second-order valence-electron chi connectivity index (χ2n) is 13.8. The highest BCUT2D eigenvalue weighted by molar-refractivity contribution is 8.03. The summed E-state index contributed by atoms with van der Waals surface area (Å²) in [6, 6.07) is 16.8. The molecule has 41 heavy (non-hydrogen) atoms. The molecule has 1 heterocycles. The van der Waals surface area contributed by atoms with Crippen LogP contribution >= 0.6 is 23.1 Å². The molecule has 1 aromatic heterocycles. The van der Waals surface area contributed by atoms with Crippen LogP contribution in [0, 0.1) is 30.6 Å². The molecule has 0 spiro atoms. The molecule has 0 aliphatic heterocycles. The lowest BCUT2D eigenvalue weighted by atomic mass is 9.96. The Morgan fingerprint density at radius 2 is 1.32 bits per heavy atom. The minimum absolute atomic E-state index is 0.777. The fourth-order valence-electron chi connectivity index (χ4n) is 6.07. The van der Waals surface area contributed by atoms with E-state index in [-0.39, 0.29) is 0 Å². The van der Waals surface area contributed by atoms with Crippen LogP contribution in [0.25, 0.3) is 31.6 Å². The minimum Gasteiger partial charge on any atom is -0.140 e. The number of allylic oxidation sites excluding steroid dienone is 1. The minimum atomic E-state index is 0.777. The Kier molecular flexibility index (Phi) is 11.8. The Labute approximate surface area is 259 Å². The average molecular weight is 587 g/mol. The fraction of sp³-hybridized carbons (Fsp3) is 0.538. The van der Waals surface area contributed by atoms with Gasteiger partial charge in [0.25, 0.3) is 0 Å². The number of hydrogen-bond acceptors (Lipinski definition) is 2. The highest BCUT2D eigenvalue weighted by Gasteiger charge is 2.12. The number of hydrogen-bond donors (Lipinski definition) is 0. The summed E-state index contributed by atoms with van der Waals surface area (Å²) in [7, 11) is 0. The van der Waals surface area contributed by atoms with E-state index < -0.39 is 0 Å². The molecule has 0 saturated heterocycles. The van der Waals surface area contributed by atoms with Gasteiger partial charge in [0.05, 0.1) is 0 Å². The largest absolute Gasteiger partial charge is 0.140 e. The van der Waals surface area contributed by atoms with Gasteiger partial charge < -0.3 is 0 Å². The lowest BCUT2D eigenvalue weighted by Gasteiger charge is -2.15. The van der Waals surface area contributed by atoms with Gasteiger partial charge in [0.2, 0.25) is 0 Å². The molecule has 2 unspecified atom stereocenters. The second kappa shape index (κ2) is 15.1. The molecule has 0 radical (unpaired) electrons. The molecule has 0 N–H and O–H groups in total. The predicted molar refractivity (Wildman–Crippen MR) is 190 cm³/mol. The van der Waals surface area contributed by atoms with Gasteiger partial charge in [-0.3, -0.25) is 0 Å². The normalized spacial score (nSPS) is 13.7. The molecule has 0 fully saturated rings. The smallest absolute Gasteiger partial charge is 0.0352 e. The summed E-state index contributed by atoms with van der Waals surface area (Å²) in [5.74, 6) is 3.23. The second-order valence-corrected chi connectivity index (χ2v) is 16.2. The Morgan fingerprint density at radius 3 is 1.98 bits per heavy atom. The summed E-state index contributed by atoms with van der Waals surface area (Å²) in [6.07, 6.45) is 13.0. The van der Waals surface area contributed by atoms with Crippen LogP contribution in [0.5, 0.6) is 0 Å². The molecule has 0 bridgehead atoms. The van der Waals surface area contributed by atoms with Gasteiger partial charge in [-0.1, -0.05) is 117 Å². The van der Waals surface area contributed by atoms with Gasteiger partial charge in [0, 0.05) is 14.5 Å². The van der Waals surface area contributed by atoms with Gasteiger partial charge in [0.15, 0.2) is 0 Å². The number of thiophene rings is 1. The summed E-state index contributed by atoms with van der Waals surface area (Å²) < 4.78 is 1.43. The SMILES string of the molecule is C=C(CCC(C)CCCC(C)C)Sc1cc2c(ccc3cc4cc(CCC(C)CCCC(C)C)sc4cc32)cc1C. The molecule has 4 aromatic rings. The summed E-state index contributed by atoms with van der Waals surface area (Å²) >= 11 is 3.90. The van der Waals surface area contributed by atoms with Gasteiger partial charge in [-0.15, -0.1) is 11.3 Å². The number of rotatable bonds is 16. The first-order valence-electron chi connectivity index (χ1n) is 16.3. The van der Waals surface area contributed by atoms with Gasteiger partial charge >= 0.3 is 0 Å². The molecule has 2 atom stereocenters. The van der Waals surface area contributed by atoms with Crippen molar-refractivity contribution in [2.24, 2.45) is 23.7 Å². The van der Waals surface area contributed by atoms with Crippen LogP contribution in [0.2, 0.25) is 0 Å². The third-order valence-electron chi connectivity index (χ3n) is 8.83. The van der Waals surface area contributed by atoms with Gasteiger partial charge in [-0.2, -0.15) is 0 Å². The highest BCUT2D eigenvalue weighted by Crippen LogP contribution is 2.39. The molecule has 2 heteroatoms. The lowest BCUT2D eigenvalue weighted by molar-refractivity contribution is 0.438. The maximum Gasteiger partial charge on any atom is 0.0352 e. The van der Waals surface area contributed by atoms with E-state index in [4.69, 9.17) is 0 Å². The van der Waals surface area contributed by atoms with Crippen molar-refractivity contribution in [1.82, 2.24) is 0 Å². The molecule has 222 valence electrons. The van der Waals surface area contributed by atoms with Crippen LogP contribution in [0.15, 0.2) is 58.8 Å². The van der Waals surface area contributed by atoms with E-state index in [0.717, 1.165) is 30.1 Å². The Morgan fingerprint density at radius 1 is 0.707 bits per heavy atom. The Hall–Kier alpha value is -1.77. The van der Waals surface area contributed by atoms with Crippen LogP contribution in [0.1, 0.15) is 110 Å². The van der Waals surface area contributed by atoms with Gasteiger partial charge in [-0.25, -0.2) is 0 Å². The zero-order valence-corrected chi connectivity index (χ0v) is 28.6.